The average Bonchev–Trinajstić information content (AvgIpc) is 2.39. The largest absolute Gasteiger partial charge is 0.376 e. The predicted octanol–water partition coefficient (Wildman–Crippen LogP) is 6.28. The molecule has 0 spiro atoms. The van der Waals surface area contributed by atoms with Crippen molar-refractivity contribution < 1.29 is 4.74 Å². The minimum absolute atomic E-state index is 0.911. The van der Waals surface area contributed by atoms with Gasteiger partial charge in [-0.2, -0.15) is 0 Å². The third kappa shape index (κ3) is 16.0. The van der Waals surface area contributed by atoms with Crippen molar-refractivity contribution >= 4 is 0 Å². The van der Waals surface area contributed by atoms with Crippen LogP contribution in [0.4, 0.5) is 0 Å². The fourth-order valence-corrected chi connectivity index (χ4v) is 2.32. The minimum atomic E-state index is 0.911. The van der Waals surface area contributed by atoms with E-state index in [-0.39, 0.29) is 0 Å². The van der Waals surface area contributed by atoms with Crippen LogP contribution in [-0.2, 0) is 4.74 Å². The Morgan fingerprint density at radius 2 is 1.00 bits per heavy atom. The van der Waals surface area contributed by atoms with Gasteiger partial charge >= 0.3 is 0 Å². The van der Waals surface area contributed by atoms with Gasteiger partial charge in [0.05, 0.1) is 6.61 Å². The standard InChI is InChI=1S/C17H35O/c1-3-5-6-7-8-9-10-11-12-13-14-15-16-17-18-4-2/h4H,3,5-17H2,1-2H3. The van der Waals surface area contributed by atoms with Crippen LogP contribution in [-0.4, -0.2) is 6.61 Å². The Morgan fingerprint density at radius 3 is 1.39 bits per heavy atom. The Hall–Kier alpha value is -0.0400. The van der Waals surface area contributed by atoms with E-state index in [0.29, 0.717) is 0 Å². The van der Waals surface area contributed by atoms with Gasteiger partial charge in [-0.3, -0.25) is 0 Å². The molecule has 0 fully saturated rings. The number of hydrogen-bond acceptors (Lipinski definition) is 1. The van der Waals surface area contributed by atoms with E-state index in [9.17, 15) is 0 Å². The molecule has 0 saturated carbocycles. The minimum Gasteiger partial charge on any atom is -0.376 e. The van der Waals surface area contributed by atoms with E-state index in [1.54, 1.807) is 6.61 Å². The summed E-state index contributed by atoms with van der Waals surface area (Å²) in [5, 5.41) is 0. The fourth-order valence-electron chi connectivity index (χ4n) is 2.32. The molecule has 1 radical (unpaired) electrons. The van der Waals surface area contributed by atoms with Crippen LogP contribution in [0.15, 0.2) is 0 Å². The highest BCUT2D eigenvalue weighted by atomic mass is 16.5. The van der Waals surface area contributed by atoms with Gasteiger partial charge in [-0.15, -0.1) is 0 Å². The van der Waals surface area contributed by atoms with Crippen molar-refractivity contribution in [2.24, 2.45) is 0 Å². The lowest BCUT2D eigenvalue weighted by Gasteiger charge is -2.03. The molecule has 1 heteroatoms. The second kappa shape index (κ2) is 17.0. The molecule has 0 aromatic carbocycles. The van der Waals surface area contributed by atoms with Crippen molar-refractivity contribution in [3.05, 3.63) is 6.61 Å². The number of rotatable bonds is 15. The third-order valence-corrected chi connectivity index (χ3v) is 3.53. The molecular weight excluding hydrogens is 220 g/mol. The molecule has 1 nitrogen and oxygen atoms in total. The maximum atomic E-state index is 5.21. The molecule has 0 aliphatic heterocycles. The number of hydrogen-bond donors (Lipinski definition) is 0. The predicted molar refractivity (Wildman–Crippen MR) is 81.6 cm³/mol. The van der Waals surface area contributed by atoms with Crippen LogP contribution in [0, 0.1) is 6.61 Å². The normalized spacial score (nSPS) is 11.0. The van der Waals surface area contributed by atoms with Crippen LogP contribution in [0.25, 0.3) is 0 Å². The highest BCUT2D eigenvalue weighted by molar-refractivity contribution is 4.49. The van der Waals surface area contributed by atoms with Crippen molar-refractivity contribution in [2.45, 2.75) is 97.3 Å². The van der Waals surface area contributed by atoms with Gasteiger partial charge < -0.3 is 4.74 Å². The first-order valence-electron chi connectivity index (χ1n) is 8.31. The van der Waals surface area contributed by atoms with Crippen molar-refractivity contribution in [2.75, 3.05) is 6.61 Å². The lowest BCUT2D eigenvalue weighted by atomic mass is 10.0. The van der Waals surface area contributed by atoms with E-state index >= 15 is 0 Å². The SMILES string of the molecule is C[CH]OCCCCCCCCCCCCCCC. The summed E-state index contributed by atoms with van der Waals surface area (Å²) in [6.07, 6.45) is 18.4. The van der Waals surface area contributed by atoms with E-state index < -0.39 is 0 Å². The average molecular weight is 255 g/mol. The summed E-state index contributed by atoms with van der Waals surface area (Å²) in [4.78, 5) is 0. The van der Waals surface area contributed by atoms with Gasteiger partial charge in [0.15, 0.2) is 0 Å². The van der Waals surface area contributed by atoms with Gasteiger partial charge in [0, 0.05) is 6.61 Å². The first kappa shape index (κ1) is 18.0. The van der Waals surface area contributed by atoms with Gasteiger partial charge in [-0.25, -0.2) is 0 Å². The van der Waals surface area contributed by atoms with Crippen LogP contribution >= 0.6 is 0 Å². The summed E-state index contributed by atoms with van der Waals surface area (Å²) in [6, 6.07) is 0. The maximum Gasteiger partial charge on any atom is 0.0805 e. The molecule has 0 aliphatic carbocycles. The zero-order chi connectivity index (χ0) is 13.3. The molecule has 0 N–H and O–H groups in total. The van der Waals surface area contributed by atoms with E-state index in [1.807, 2.05) is 6.92 Å². The second-order valence-electron chi connectivity index (χ2n) is 5.35. The smallest absolute Gasteiger partial charge is 0.0805 e. The topological polar surface area (TPSA) is 9.23 Å². The molecule has 0 aliphatic rings. The Morgan fingerprint density at radius 1 is 0.611 bits per heavy atom. The molecule has 0 atom stereocenters. The molecule has 18 heavy (non-hydrogen) atoms. The van der Waals surface area contributed by atoms with Crippen LogP contribution in [0.5, 0.6) is 0 Å². The van der Waals surface area contributed by atoms with Crippen LogP contribution < -0.4 is 0 Å². The number of ether oxygens (including phenoxy) is 1. The van der Waals surface area contributed by atoms with E-state index in [0.717, 1.165) is 6.61 Å². The summed E-state index contributed by atoms with van der Waals surface area (Å²) >= 11 is 0. The Kier molecular flexibility index (Phi) is 16.9. The van der Waals surface area contributed by atoms with Crippen molar-refractivity contribution in [1.29, 1.82) is 0 Å². The fraction of sp³-hybridized carbons (Fsp3) is 0.941. The maximum absolute atomic E-state index is 5.21. The van der Waals surface area contributed by atoms with Crippen molar-refractivity contribution in [1.82, 2.24) is 0 Å². The molecule has 0 aromatic heterocycles. The first-order valence-corrected chi connectivity index (χ1v) is 8.31. The van der Waals surface area contributed by atoms with Gasteiger partial charge in [-0.1, -0.05) is 84.0 Å². The van der Waals surface area contributed by atoms with Crippen LogP contribution in [0.1, 0.15) is 97.3 Å². The molecule has 0 bridgehead atoms. The molecule has 0 unspecified atom stereocenters. The highest BCUT2D eigenvalue weighted by Gasteiger charge is 1.93. The second-order valence-corrected chi connectivity index (χ2v) is 5.35. The van der Waals surface area contributed by atoms with Gasteiger partial charge in [0.1, 0.15) is 0 Å². The zero-order valence-electron chi connectivity index (χ0n) is 12.9. The molecular formula is C17H35O. The van der Waals surface area contributed by atoms with Crippen molar-refractivity contribution in [3.8, 4) is 0 Å². The summed E-state index contributed by atoms with van der Waals surface area (Å²) in [7, 11) is 0. The summed E-state index contributed by atoms with van der Waals surface area (Å²) < 4.78 is 5.21. The Balaban J connectivity index is 2.86. The summed E-state index contributed by atoms with van der Waals surface area (Å²) in [6.45, 7) is 6.93. The first-order chi connectivity index (χ1) is 8.91. The lowest BCUT2D eigenvalue weighted by molar-refractivity contribution is 0.197. The Bertz CT molecular complexity index is 118. The van der Waals surface area contributed by atoms with Crippen LogP contribution in [0.3, 0.4) is 0 Å². The monoisotopic (exact) mass is 255 g/mol. The molecule has 0 rings (SSSR count). The summed E-state index contributed by atoms with van der Waals surface area (Å²) in [5.41, 5.74) is 0. The van der Waals surface area contributed by atoms with Crippen LogP contribution in [0.2, 0.25) is 0 Å². The lowest BCUT2D eigenvalue weighted by Crippen LogP contribution is -1.89. The zero-order valence-corrected chi connectivity index (χ0v) is 12.9. The van der Waals surface area contributed by atoms with E-state index in [2.05, 4.69) is 6.92 Å². The van der Waals surface area contributed by atoms with Gasteiger partial charge in [0.2, 0.25) is 0 Å². The molecule has 0 heterocycles. The number of unbranched alkanes of at least 4 members (excludes halogenated alkanes) is 12. The third-order valence-electron chi connectivity index (χ3n) is 3.53. The van der Waals surface area contributed by atoms with Crippen molar-refractivity contribution in [3.63, 3.8) is 0 Å². The Labute approximate surface area is 116 Å². The quantitative estimate of drug-likeness (QED) is 0.313. The molecule has 0 saturated heterocycles. The van der Waals surface area contributed by atoms with E-state index in [4.69, 9.17) is 4.74 Å². The van der Waals surface area contributed by atoms with E-state index in [1.165, 1.54) is 83.5 Å². The molecule has 0 aromatic rings. The highest BCUT2D eigenvalue weighted by Crippen LogP contribution is 2.12. The van der Waals surface area contributed by atoms with Gasteiger partial charge in [0.25, 0.3) is 0 Å². The van der Waals surface area contributed by atoms with Gasteiger partial charge in [-0.05, 0) is 13.3 Å². The molecule has 0 amide bonds. The molecule has 109 valence electrons. The summed E-state index contributed by atoms with van der Waals surface area (Å²) in [5.74, 6) is 0.